The third-order valence-corrected chi connectivity index (χ3v) is 14.0. The Kier molecular flexibility index (Phi) is 22.3. The van der Waals surface area contributed by atoms with Gasteiger partial charge in [0.25, 0.3) is 0 Å². The van der Waals surface area contributed by atoms with E-state index in [4.69, 9.17) is 17.2 Å². The van der Waals surface area contributed by atoms with Crippen LogP contribution in [-0.2, 0) is 69.0 Å². The van der Waals surface area contributed by atoms with Crippen LogP contribution in [0, 0.1) is 17.8 Å². The first-order chi connectivity index (χ1) is 33.6. The van der Waals surface area contributed by atoms with Crippen LogP contribution in [0.3, 0.4) is 0 Å². The molecule has 15 N–H and O–H groups in total. The van der Waals surface area contributed by atoms with Gasteiger partial charge in [0.2, 0.25) is 65.0 Å². The van der Waals surface area contributed by atoms with Crippen LogP contribution in [0.1, 0.15) is 85.1 Å². The second-order valence-corrected chi connectivity index (χ2v) is 21.0. The highest BCUT2D eigenvalue weighted by molar-refractivity contribution is 7.91. The standard InChI is InChI=1S/C45H69N11O15S/c1-6-23(4)37-43(67)51-27(11-12-33(46)59)40(64)53-31(19-34(47)60)41(65)52-28(13-15-72(70,71)16-14-36(62)50-30(42(66)55-37)18-25-7-9-26(57)10-8-25)45(69)56-21-32(58)24(5)38(56)44(68)54-29(17-22(2)3)39(63)49-20-35(48)61/h7-10,22-24,27-32,37-38,57-58H,6,11-21H2,1-5H3,(H2,46,59)(H2,47,60)(H2,48,61)(H,49,63)(H,50,62)(H,51,67)(H,52,65)(H,53,64)(H,54,68)(H,55,66)/t23-,24-,27-,28-,29-,30-,31-,32-,37-,38-/m0/s1. The van der Waals surface area contributed by atoms with Crippen molar-refractivity contribution < 1.29 is 71.4 Å². The molecule has 0 radical (unpaired) electrons. The number of hydrogen-bond acceptors (Lipinski definition) is 15. The zero-order valence-corrected chi connectivity index (χ0v) is 41.8. The van der Waals surface area contributed by atoms with E-state index in [-0.39, 0.29) is 30.9 Å². The van der Waals surface area contributed by atoms with Gasteiger partial charge < -0.3 is 69.5 Å². The normalized spacial score (nSPS) is 25.5. The fraction of sp³-hybridized carbons (Fsp3) is 0.622. The smallest absolute Gasteiger partial charge is 0.245 e. The Balaban J connectivity index is 2.14. The maximum absolute atomic E-state index is 14.7. The van der Waals surface area contributed by atoms with Crippen molar-refractivity contribution in [2.75, 3.05) is 24.6 Å². The van der Waals surface area contributed by atoms with E-state index >= 15 is 0 Å². The molecule has 10 atom stereocenters. The van der Waals surface area contributed by atoms with E-state index in [1.165, 1.54) is 31.2 Å². The number of nitrogens with one attached hydrogen (secondary N) is 7. The van der Waals surface area contributed by atoms with Crippen LogP contribution in [0.25, 0.3) is 0 Å². The first-order valence-corrected chi connectivity index (χ1v) is 25.4. The molecule has 3 rings (SSSR count). The minimum absolute atomic E-state index is 0.0489. The maximum Gasteiger partial charge on any atom is 0.245 e. The molecule has 2 heterocycles. The summed E-state index contributed by atoms with van der Waals surface area (Å²) in [6.45, 7) is 7.10. The van der Waals surface area contributed by atoms with Gasteiger partial charge in [0.05, 0.1) is 30.6 Å². The van der Waals surface area contributed by atoms with Gasteiger partial charge in [-0.2, -0.15) is 0 Å². The molecule has 0 unspecified atom stereocenters. The number of nitrogens with zero attached hydrogens (tertiary/aromatic N) is 1. The number of aromatic hydroxyl groups is 1. The van der Waals surface area contributed by atoms with Crippen LogP contribution in [0.5, 0.6) is 5.75 Å². The molecule has 26 nitrogen and oxygen atoms in total. The molecule has 400 valence electrons. The Hall–Kier alpha value is -6.90. The molecule has 2 aliphatic heterocycles. The number of phenolic OH excluding ortho intramolecular Hbond substituents is 1. The molecular weight excluding hydrogens is 967 g/mol. The number of benzene rings is 1. The van der Waals surface area contributed by atoms with Crippen LogP contribution in [0.2, 0.25) is 0 Å². The van der Waals surface area contributed by atoms with Gasteiger partial charge in [0, 0.05) is 31.7 Å². The molecule has 72 heavy (non-hydrogen) atoms. The quantitative estimate of drug-likeness (QED) is 0.0696. The van der Waals surface area contributed by atoms with Crippen LogP contribution < -0.4 is 54.4 Å². The van der Waals surface area contributed by atoms with Gasteiger partial charge in [-0.25, -0.2) is 8.42 Å². The molecule has 0 aliphatic carbocycles. The molecule has 0 spiro atoms. The summed E-state index contributed by atoms with van der Waals surface area (Å²) in [5.74, 6) is -14.8. The van der Waals surface area contributed by atoms with E-state index in [1.807, 2.05) is 0 Å². The second-order valence-electron chi connectivity index (χ2n) is 18.6. The number of sulfone groups is 1. The van der Waals surface area contributed by atoms with Gasteiger partial charge in [-0.3, -0.25) is 52.7 Å². The molecule has 2 fully saturated rings. The lowest BCUT2D eigenvalue weighted by Gasteiger charge is -2.32. The zero-order valence-electron chi connectivity index (χ0n) is 40.9. The van der Waals surface area contributed by atoms with Crippen LogP contribution in [0.15, 0.2) is 24.3 Å². The lowest BCUT2D eigenvalue weighted by atomic mass is 9.96. The van der Waals surface area contributed by atoms with Gasteiger partial charge >= 0.3 is 0 Å². The summed E-state index contributed by atoms with van der Waals surface area (Å²) in [5.41, 5.74) is 16.5. The Labute approximate surface area is 416 Å². The number of amides is 11. The van der Waals surface area contributed by atoms with Crippen molar-refractivity contribution >= 4 is 74.8 Å². The first kappa shape index (κ1) is 59.4. The van der Waals surface area contributed by atoms with E-state index < -0.39 is 192 Å². The lowest BCUT2D eigenvalue weighted by molar-refractivity contribution is -0.143. The third kappa shape index (κ3) is 18.4. The van der Waals surface area contributed by atoms with Gasteiger partial charge in [0.15, 0.2) is 9.84 Å². The van der Waals surface area contributed by atoms with Crippen molar-refractivity contribution in [1.82, 2.24) is 42.1 Å². The minimum Gasteiger partial charge on any atom is -0.508 e. The van der Waals surface area contributed by atoms with E-state index in [1.54, 1.807) is 27.7 Å². The molecule has 1 aromatic rings. The van der Waals surface area contributed by atoms with Gasteiger partial charge in [-0.15, -0.1) is 0 Å². The zero-order chi connectivity index (χ0) is 54.2. The average molecular weight is 1040 g/mol. The molecule has 0 aromatic heterocycles. The highest BCUT2D eigenvalue weighted by Gasteiger charge is 2.48. The van der Waals surface area contributed by atoms with E-state index in [9.17, 15) is 71.4 Å². The summed E-state index contributed by atoms with van der Waals surface area (Å²) in [6, 6.07) is -5.60. The number of aliphatic hydroxyl groups excluding tert-OH is 1. The Morgan fingerprint density at radius 3 is 2.00 bits per heavy atom. The number of nitrogens with two attached hydrogens (primary N) is 3. The van der Waals surface area contributed by atoms with E-state index in [0.717, 1.165) is 4.90 Å². The second kappa shape index (κ2) is 27.1. The predicted molar refractivity (Wildman–Crippen MR) is 255 cm³/mol. The molecule has 27 heteroatoms. The van der Waals surface area contributed by atoms with Crippen molar-refractivity contribution in [3.63, 3.8) is 0 Å². The minimum atomic E-state index is -4.35. The average Bonchev–Trinajstić information content (AvgIpc) is 3.60. The number of rotatable bonds is 17. The molecule has 2 aliphatic rings. The largest absolute Gasteiger partial charge is 0.508 e. The lowest BCUT2D eigenvalue weighted by Crippen LogP contribution is -2.61. The number of phenols is 1. The van der Waals surface area contributed by atoms with Gasteiger partial charge in [-0.1, -0.05) is 53.2 Å². The van der Waals surface area contributed by atoms with Crippen LogP contribution >= 0.6 is 0 Å². The van der Waals surface area contributed by atoms with Gasteiger partial charge in [-0.05, 0) is 48.8 Å². The number of likely N-dealkylation sites (tertiary alicyclic amines) is 1. The third-order valence-electron chi connectivity index (χ3n) is 12.3. The van der Waals surface area contributed by atoms with E-state index in [0.29, 0.717) is 5.56 Å². The van der Waals surface area contributed by atoms with Crippen LogP contribution in [0.4, 0.5) is 0 Å². The Morgan fingerprint density at radius 2 is 1.42 bits per heavy atom. The molecule has 0 saturated carbocycles. The summed E-state index contributed by atoms with van der Waals surface area (Å²) in [5, 5.41) is 37.9. The monoisotopic (exact) mass is 1040 g/mol. The first-order valence-electron chi connectivity index (χ1n) is 23.5. The molecule has 0 bridgehead atoms. The van der Waals surface area contributed by atoms with E-state index in [2.05, 4.69) is 37.2 Å². The SMILES string of the molecule is CC[C@H](C)[C@@H]1NC(=O)[C@H](Cc2ccc(O)cc2)NC(=O)CCS(=O)(=O)CC[C@@H](C(=O)N2C[C@H](O)[C@H](C)[C@H]2C(=O)N[C@@H](CC(C)C)C(=O)NCC(N)=O)NC(=O)[C@H](CC(N)=O)NC(=O)[C@H](CCC(N)=O)NC1=O. The Bertz CT molecular complexity index is 2300. The summed E-state index contributed by atoms with van der Waals surface area (Å²) >= 11 is 0. The number of carbonyl (C=O) groups is 11. The highest BCUT2D eigenvalue weighted by atomic mass is 32.2. The van der Waals surface area contributed by atoms with Crippen molar-refractivity contribution in [1.29, 1.82) is 0 Å². The Morgan fingerprint density at radius 1 is 0.806 bits per heavy atom. The van der Waals surface area contributed by atoms with Crippen molar-refractivity contribution in [3.05, 3.63) is 29.8 Å². The molecule has 11 amide bonds. The topological polar surface area (TPSA) is 428 Å². The van der Waals surface area contributed by atoms with Crippen molar-refractivity contribution in [3.8, 4) is 5.75 Å². The molecular formula is C45H69N11O15S. The van der Waals surface area contributed by atoms with Crippen LogP contribution in [-0.4, -0.2) is 162 Å². The maximum atomic E-state index is 14.7. The number of carbonyl (C=O) groups excluding carboxylic acids is 11. The number of hydrogen-bond donors (Lipinski definition) is 12. The summed E-state index contributed by atoms with van der Waals surface area (Å²) in [4.78, 5) is 148. The predicted octanol–water partition coefficient (Wildman–Crippen LogP) is -4.91. The van der Waals surface area contributed by atoms with Crippen molar-refractivity contribution in [2.45, 2.75) is 134 Å². The number of β-amino-alcohol motifs (C(OH)–C–C–N with tert-alkyl or cyclic N) is 1. The summed E-state index contributed by atoms with van der Waals surface area (Å²) < 4.78 is 27.4. The fourth-order valence-electron chi connectivity index (χ4n) is 8.02. The molecule has 2 saturated heterocycles. The fourth-order valence-corrected chi connectivity index (χ4v) is 9.31. The van der Waals surface area contributed by atoms with Gasteiger partial charge in [0.1, 0.15) is 48.0 Å². The molecule has 1 aromatic carbocycles. The van der Waals surface area contributed by atoms with Crippen molar-refractivity contribution in [2.24, 2.45) is 35.0 Å². The summed E-state index contributed by atoms with van der Waals surface area (Å²) in [6.07, 6.45) is -4.65. The highest BCUT2D eigenvalue weighted by Crippen LogP contribution is 2.27. The summed E-state index contributed by atoms with van der Waals surface area (Å²) in [7, 11) is -4.35. The number of primary amides is 3. The number of aliphatic hydroxyl groups is 1.